The monoisotopic (exact) mass is 257 g/mol. The van der Waals surface area contributed by atoms with Crippen LogP contribution in [0.4, 0.5) is 0 Å². The Balaban J connectivity index is 2.76. The molecule has 1 aliphatic heterocycles. The molecule has 0 spiro atoms. The summed E-state index contributed by atoms with van der Waals surface area (Å²) in [5.74, 6) is 0.300. The van der Waals surface area contributed by atoms with E-state index in [1.165, 1.54) is 0 Å². The molecule has 0 bridgehead atoms. The van der Waals surface area contributed by atoms with Gasteiger partial charge in [-0.2, -0.15) is 0 Å². The van der Waals surface area contributed by atoms with E-state index in [1.54, 1.807) is 0 Å². The molecule has 1 aliphatic rings. The van der Waals surface area contributed by atoms with E-state index in [9.17, 15) is 4.79 Å². The predicted molar refractivity (Wildman–Crippen MR) is 73.8 cm³/mol. The Morgan fingerprint density at radius 3 is 2.35 bits per heavy atom. The summed E-state index contributed by atoms with van der Waals surface area (Å²) in [5, 5.41) is 0.200. The van der Waals surface area contributed by atoms with E-state index in [0.29, 0.717) is 24.8 Å². The molecule has 1 fully saturated rings. The molecule has 0 aliphatic carbocycles. The van der Waals surface area contributed by atoms with Gasteiger partial charge < -0.3 is 4.43 Å². The van der Waals surface area contributed by atoms with Crippen molar-refractivity contribution in [1.29, 1.82) is 0 Å². The third-order valence-electron chi connectivity index (χ3n) is 4.34. The second kappa shape index (κ2) is 4.82. The fourth-order valence-corrected chi connectivity index (χ4v) is 3.25. The molecule has 3 nitrogen and oxygen atoms in total. The third kappa shape index (κ3) is 3.39. The molecular formula is C13H27NO2Si. The smallest absolute Gasteiger partial charge is 0.192 e. The fraction of sp³-hybridized carbons (Fsp3) is 0.923. The van der Waals surface area contributed by atoms with Crippen LogP contribution in [0.15, 0.2) is 0 Å². The van der Waals surface area contributed by atoms with Crippen LogP contribution in [0.3, 0.4) is 0 Å². The Hall–Kier alpha value is -0.193. The fourth-order valence-electron chi connectivity index (χ4n) is 1.86. The van der Waals surface area contributed by atoms with E-state index in [4.69, 9.17) is 4.43 Å². The van der Waals surface area contributed by atoms with Crippen LogP contribution in [0.1, 0.15) is 34.1 Å². The van der Waals surface area contributed by atoms with Crippen LogP contribution >= 0.6 is 0 Å². The van der Waals surface area contributed by atoms with Gasteiger partial charge in [0.05, 0.1) is 12.6 Å². The van der Waals surface area contributed by atoms with E-state index in [2.05, 4.69) is 45.7 Å². The number of nitrogens with zero attached hydrogens (tertiary/aromatic N) is 1. The third-order valence-corrected chi connectivity index (χ3v) is 8.84. The van der Waals surface area contributed by atoms with Gasteiger partial charge in [0.25, 0.3) is 0 Å². The summed E-state index contributed by atoms with van der Waals surface area (Å²) in [5.41, 5.74) is 0. The normalized spacial score (nSPS) is 28.5. The summed E-state index contributed by atoms with van der Waals surface area (Å²) >= 11 is 0. The maximum Gasteiger partial charge on any atom is 0.192 e. The van der Waals surface area contributed by atoms with Gasteiger partial charge in [-0.1, -0.05) is 20.8 Å². The van der Waals surface area contributed by atoms with Crippen LogP contribution in [0.2, 0.25) is 18.1 Å². The summed E-state index contributed by atoms with van der Waals surface area (Å²) < 4.78 is 6.37. The summed E-state index contributed by atoms with van der Waals surface area (Å²) in [7, 11) is 0.232. The zero-order chi connectivity index (χ0) is 13.4. The lowest BCUT2D eigenvalue weighted by atomic mass is 10.0. The highest BCUT2D eigenvalue weighted by atomic mass is 28.4. The van der Waals surface area contributed by atoms with Gasteiger partial charge in [0.2, 0.25) is 0 Å². The molecule has 2 atom stereocenters. The maximum atomic E-state index is 11.7. The number of ketones is 1. The van der Waals surface area contributed by atoms with Crippen molar-refractivity contribution >= 4 is 14.1 Å². The molecule has 0 N–H and O–H groups in total. The molecule has 0 amide bonds. The van der Waals surface area contributed by atoms with Gasteiger partial charge in [-0.15, -0.1) is 0 Å². The van der Waals surface area contributed by atoms with Crippen molar-refractivity contribution in [3.05, 3.63) is 0 Å². The van der Waals surface area contributed by atoms with Crippen LogP contribution < -0.4 is 0 Å². The average Bonchev–Trinajstić information content (AvgIpc) is 2.11. The minimum Gasteiger partial charge on any atom is -0.412 e. The molecule has 0 saturated carbocycles. The first kappa shape index (κ1) is 14.9. The number of hydrogen-bond acceptors (Lipinski definition) is 3. The van der Waals surface area contributed by atoms with Gasteiger partial charge in [0.15, 0.2) is 8.32 Å². The van der Waals surface area contributed by atoms with E-state index in [0.717, 1.165) is 0 Å². The SMILES string of the molecule is C[C@H]1[C@@H](O[Si](C)(C)C(C)(C)C)CC(=O)CN1C. The van der Waals surface area contributed by atoms with Gasteiger partial charge in [0.1, 0.15) is 5.78 Å². The van der Waals surface area contributed by atoms with Crippen molar-refractivity contribution in [3.63, 3.8) is 0 Å². The van der Waals surface area contributed by atoms with E-state index < -0.39 is 8.32 Å². The Morgan fingerprint density at radius 1 is 1.35 bits per heavy atom. The van der Waals surface area contributed by atoms with Crippen LogP contribution in [0, 0.1) is 0 Å². The quantitative estimate of drug-likeness (QED) is 0.712. The molecule has 0 unspecified atom stereocenters. The van der Waals surface area contributed by atoms with E-state index >= 15 is 0 Å². The van der Waals surface area contributed by atoms with Crippen molar-refractivity contribution in [2.75, 3.05) is 13.6 Å². The molecule has 0 radical (unpaired) electrons. The summed E-state index contributed by atoms with van der Waals surface area (Å²) in [6.45, 7) is 13.9. The molecule has 0 aromatic rings. The summed E-state index contributed by atoms with van der Waals surface area (Å²) in [6.07, 6.45) is 0.653. The number of carbonyl (C=O) groups is 1. The van der Waals surface area contributed by atoms with Crippen molar-refractivity contribution in [2.45, 2.75) is 64.4 Å². The van der Waals surface area contributed by atoms with Crippen molar-refractivity contribution in [1.82, 2.24) is 4.90 Å². The number of rotatable bonds is 2. The highest BCUT2D eigenvalue weighted by Crippen LogP contribution is 2.38. The standard InChI is InChI=1S/C13H27NO2Si/c1-10-12(8-11(15)9-14(10)5)16-17(6,7)13(2,3)4/h10,12H,8-9H2,1-7H3/t10-,12-/m0/s1. The lowest BCUT2D eigenvalue weighted by Gasteiger charge is -2.44. The highest BCUT2D eigenvalue weighted by molar-refractivity contribution is 6.74. The first-order valence-corrected chi connectivity index (χ1v) is 9.35. The Morgan fingerprint density at radius 2 is 1.88 bits per heavy atom. The van der Waals surface area contributed by atoms with Crippen molar-refractivity contribution in [3.8, 4) is 0 Å². The molecule has 1 saturated heterocycles. The minimum atomic E-state index is -1.77. The number of carbonyl (C=O) groups excluding carboxylic acids is 1. The van der Waals surface area contributed by atoms with Gasteiger partial charge in [0, 0.05) is 12.5 Å². The van der Waals surface area contributed by atoms with Crippen LogP contribution in [-0.4, -0.2) is 44.7 Å². The van der Waals surface area contributed by atoms with E-state index in [1.807, 2.05) is 7.05 Å². The number of piperidine rings is 1. The van der Waals surface area contributed by atoms with Crippen LogP contribution in [0.5, 0.6) is 0 Å². The predicted octanol–water partition coefficient (Wildman–Crippen LogP) is 2.67. The highest BCUT2D eigenvalue weighted by Gasteiger charge is 2.42. The van der Waals surface area contributed by atoms with Gasteiger partial charge in [-0.25, -0.2) is 0 Å². The Kier molecular flexibility index (Phi) is 4.22. The van der Waals surface area contributed by atoms with E-state index in [-0.39, 0.29) is 11.1 Å². The largest absolute Gasteiger partial charge is 0.412 e. The molecule has 4 heteroatoms. The van der Waals surface area contributed by atoms with Gasteiger partial charge >= 0.3 is 0 Å². The second-order valence-electron chi connectivity index (χ2n) is 6.82. The number of Topliss-reactive ketones (excluding diaryl/α,β-unsaturated/α-hetero) is 1. The minimum absolute atomic E-state index is 0.0714. The van der Waals surface area contributed by atoms with Crippen LogP contribution in [-0.2, 0) is 9.22 Å². The molecule has 1 heterocycles. The first-order chi connectivity index (χ1) is 7.54. The number of hydrogen-bond donors (Lipinski definition) is 0. The Labute approximate surface area is 107 Å². The molecule has 1 rings (SSSR count). The lowest BCUT2D eigenvalue weighted by molar-refractivity contribution is -0.127. The lowest BCUT2D eigenvalue weighted by Crippen LogP contribution is -2.54. The number of likely N-dealkylation sites (N-methyl/N-ethyl adjacent to an activating group) is 1. The maximum absolute atomic E-state index is 11.7. The van der Waals surface area contributed by atoms with Crippen LogP contribution in [0.25, 0.3) is 0 Å². The topological polar surface area (TPSA) is 29.5 Å². The zero-order valence-electron chi connectivity index (χ0n) is 12.3. The number of likely N-dealkylation sites (tertiary alicyclic amines) is 1. The second-order valence-corrected chi connectivity index (χ2v) is 11.6. The molecule has 100 valence electrons. The van der Waals surface area contributed by atoms with Crippen molar-refractivity contribution in [2.24, 2.45) is 0 Å². The van der Waals surface area contributed by atoms with Gasteiger partial charge in [-0.05, 0) is 32.1 Å². The summed E-state index contributed by atoms with van der Waals surface area (Å²) in [4.78, 5) is 13.8. The summed E-state index contributed by atoms with van der Waals surface area (Å²) in [6, 6.07) is 0.335. The zero-order valence-corrected chi connectivity index (χ0v) is 13.3. The average molecular weight is 257 g/mol. The van der Waals surface area contributed by atoms with Crippen molar-refractivity contribution < 1.29 is 9.22 Å². The molecule has 0 aromatic heterocycles. The molecule has 17 heavy (non-hydrogen) atoms. The molecule has 0 aromatic carbocycles. The van der Waals surface area contributed by atoms with Gasteiger partial charge in [-0.3, -0.25) is 9.69 Å². The Bertz CT molecular complexity index is 296. The molecular weight excluding hydrogens is 230 g/mol. The first-order valence-electron chi connectivity index (χ1n) is 6.44.